The van der Waals surface area contributed by atoms with Gasteiger partial charge < -0.3 is 5.32 Å². The number of nitrogens with zero attached hydrogens (tertiary/aromatic N) is 2. The summed E-state index contributed by atoms with van der Waals surface area (Å²) in [5, 5.41) is 3.40. The lowest BCUT2D eigenvalue weighted by molar-refractivity contribution is 0.102. The van der Waals surface area contributed by atoms with E-state index in [2.05, 4.69) is 15.3 Å². The molecule has 2 aromatic heterocycles. The number of carbonyl (C=O) groups excluding carboxylic acids is 1. The monoisotopic (exact) mass is 337 g/mol. The number of anilines is 1. The Morgan fingerprint density at radius 3 is 2.50 bits per heavy atom. The number of amides is 1. The van der Waals surface area contributed by atoms with Crippen LogP contribution < -0.4 is 5.32 Å². The molecule has 0 unspecified atom stereocenters. The number of benzene rings is 1. The van der Waals surface area contributed by atoms with Crippen molar-refractivity contribution in [3.63, 3.8) is 0 Å². The molecule has 0 aliphatic carbocycles. The predicted molar refractivity (Wildman–Crippen MR) is 96.3 cm³/mol. The lowest BCUT2D eigenvalue weighted by Crippen LogP contribution is -2.13. The summed E-state index contributed by atoms with van der Waals surface area (Å²) in [4.78, 5) is 20.9. The first kappa shape index (κ1) is 16.1. The molecule has 4 nitrogen and oxygen atoms in total. The van der Waals surface area contributed by atoms with E-state index in [9.17, 15) is 4.79 Å². The van der Waals surface area contributed by atoms with E-state index in [-0.39, 0.29) is 5.91 Å². The highest BCUT2D eigenvalue weighted by Crippen LogP contribution is 2.25. The Labute approximate surface area is 145 Å². The van der Waals surface area contributed by atoms with Crippen LogP contribution in [-0.4, -0.2) is 15.9 Å². The van der Waals surface area contributed by atoms with Crippen LogP contribution in [-0.2, 0) is 0 Å². The zero-order valence-electron chi connectivity index (χ0n) is 13.4. The molecule has 3 aromatic rings. The molecule has 0 radical (unpaired) electrons. The lowest BCUT2D eigenvalue weighted by Gasteiger charge is -2.08. The number of pyridine rings is 2. The fraction of sp³-hybridized carbons (Fsp3) is 0.105. The van der Waals surface area contributed by atoms with E-state index >= 15 is 0 Å². The number of halogens is 1. The first-order valence-corrected chi connectivity index (χ1v) is 7.88. The van der Waals surface area contributed by atoms with Crippen LogP contribution >= 0.6 is 11.6 Å². The van der Waals surface area contributed by atoms with Gasteiger partial charge in [0.05, 0.1) is 10.7 Å². The van der Waals surface area contributed by atoms with Crippen LogP contribution in [0, 0.1) is 13.8 Å². The number of nitrogens with one attached hydrogen (secondary N) is 1. The fourth-order valence-electron chi connectivity index (χ4n) is 2.47. The van der Waals surface area contributed by atoms with Crippen molar-refractivity contribution in [2.75, 3.05) is 5.32 Å². The fourth-order valence-corrected chi connectivity index (χ4v) is 2.70. The third-order valence-corrected chi connectivity index (χ3v) is 3.82. The summed E-state index contributed by atoms with van der Waals surface area (Å²) in [5.74, 6) is 0.348. The molecule has 1 aromatic carbocycles. The number of aromatic nitrogens is 2. The van der Waals surface area contributed by atoms with Crippen molar-refractivity contribution in [3.8, 4) is 11.3 Å². The van der Waals surface area contributed by atoms with E-state index < -0.39 is 0 Å². The predicted octanol–water partition coefficient (Wildman–Crippen LogP) is 4.67. The van der Waals surface area contributed by atoms with Crippen LogP contribution in [0.25, 0.3) is 11.3 Å². The summed E-state index contributed by atoms with van der Waals surface area (Å²) in [6.45, 7) is 3.86. The van der Waals surface area contributed by atoms with E-state index in [1.165, 1.54) is 0 Å². The summed E-state index contributed by atoms with van der Waals surface area (Å²) in [7, 11) is 0. The summed E-state index contributed by atoms with van der Waals surface area (Å²) >= 11 is 6.15. The van der Waals surface area contributed by atoms with Crippen LogP contribution in [0.1, 0.15) is 21.6 Å². The topological polar surface area (TPSA) is 54.9 Å². The van der Waals surface area contributed by atoms with E-state index in [1.54, 1.807) is 30.5 Å². The first-order chi connectivity index (χ1) is 11.5. The van der Waals surface area contributed by atoms with Crippen LogP contribution in [0.3, 0.4) is 0 Å². The second-order valence-corrected chi connectivity index (χ2v) is 5.94. The highest BCUT2D eigenvalue weighted by atomic mass is 35.5. The normalized spacial score (nSPS) is 10.5. The van der Waals surface area contributed by atoms with Crippen LogP contribution in [0.4, 0.5) is 5.82 Å². The van der Waals surface area contributed by atoms with Gasteiger partial charge in [0, 0.05) is 23.0 Å². The summed E-state index contributed by atoms with van der Waals surface area (Å²) in [6, 6.07) is 14.5. The molecular weight excluding hydrogens is 322 g/mol. The van der Waals surface area contributed by atoms with Crippen molar-refractivity contribution in [1.82, 2.24) is 9.97 Å². The van der Waals surface area contributed by atoms with Crippen molar-refractivity contribution in [1.29, 1.82) is 0 Å². The molecule has 0 fully saturated rings. The van der Waals surface area contributed by atoms with Gasteiger partial charge in [-0.2, -0.15) is 0 Å². The Kier molecular flexibility index (Phi) is 4.58. The average molecular weight is 338 g/mol. The summed E-state index contributed by atoms with van der Waals surface area (Å²) in [6.07, 6.45) is 1.69. The lowest BCUT2D eigenvalue weighted by atomic mass is 10.1. The van der Waals surface area contributed by atoms with Crippen molar-refractivity contribution in [3.05, 3.63) is 76.6 Å². The standard InChI is InChI=1S/C19H16ClN3O/c1-12-10-13(2)22-17(11-12)23-19(24)15-7-5-14(6-8-15)18-16(20)4-3-9-21-18/h3-11H,1-2H3,(H,22,23,24). The van der Waals surface area contributed by atoms with E-state index in [0.717, 1.165) is 16.8 Å². The maximum atomic E-state index is 12.4. The molecule has 1 amide bonds. The van der Waals surface area contributed by atoms with Gasteiger partial charge in [0.1, 0.15) is 5.82 Å². The highest BCUT2D eigenvalue weighted by molar-refractivity contribution is 6.33. The van der Waals surface area contributed by atoms with Gasteiger partial charge in [-0.1, -0.05) is 23.7 Å². The molecule has 3 rings (SSSR count). The molecule has 1 N–H and O–H groups in total. The van der Waals surface area contributed by atoms with Gasteiger partial charge >= 0.3 is 0 Å². The second-order valence-electron chi connectivity index (χ2n) is 5.54. The molecule has 0 bridgehead atoms. The van der Waals surface area contributed by atoms with Crippen molar-refractivity contribution in [2.45, 2.75) is 13.8 Å². The van der Waals surface area contributed by atoms with Gasteiger partial charge in [0.2, 0.25) is 0 Å². The highest BCUT2D eigenvalue weighted by Gasteiger charge is 2.09. The third kappa shape index (κ3) is 3.60. The molecule has 24 heavy (non-hydrogen) atoms. The molecule has 0 atom stereocenters. The molecule has 0 saturated heterocycles. The number of aryl methyl sites for hydroxylation is 2. The Hall–Kier alpha value is -2.72. The maximum absolute atomic E-state index is 12.4. The van der Waals surface area contributed by atoms with E-state index in [1.807, 2.05) is 38.1 Å². The van der Waals surface area contributed by atoms with Gasteiger partial charge in [0.25, 0.3) is 5.91 Å². The van der Waals surface area contributed by atoms with Gasteiger partial charge in [-0.05, 0) is 55.8 Å². The SMILES string of the molecule is Cc1cc(C)nc(NC(=O)c2ccc(-c3ncccc3Cl)cc2)c1. The van der Waals surface area contributed by atoms with Crippen molar-refractivity contribution < 1.29 is 4.79 Å². The van der Waals surface area contributed by atoms with Gasteiger partial charge in [-0.25, -0.2) is 4.98 Å². The number of rotatable bonds is 3. The molecule has 5 heteroatoms. The van der Waals surface area contributed by atoms with Gasteiger partial charge in [-0.3, -0.25) is 9.78 Å². The molecule has 0 spiro atoms. The maximum Gasteiger partial charge on any atom is 0.256 e. The molecule has 0 saturated carbocycles. The molecule has 2 heterocycles. The second kappa shape index (κ2) is 6.81. The minimum absolute atomic E-state index is 0.203. The summed E-state index contributed by atoms with van der Waals surface area (Å²) in [5.41, 5.74) is 4.03. The third-order valence-electron chi connectivity index (χ3n) is 3.52. The molecule has 120 valence electrons. The van der Waals surface area contributed by atoms with Crippen LogP contribution in [0.2, 0.25) is 5.02 Å². The number of carbonyl (C=O) groups is 1. The van der Waals surface area contributed by atoms with E-state index in [0.29, 0.717) is 22.1 Å². The largest absolute Gasteiger partial charge is 0.307 e. The van der Waals surface area contributed by atoms with Crippen molar-refractivity contribution in [2.24, 2.45) is 0 Å². The number of hydrogen-bond acceptors (Lipinski definition) is 3. The Balaban J connectivity index is 1.80. The zero-order valence-corrected chi connectivity index (χ0v) is 14.1. The van der Waals surface area contributed by atoms with Crippen molar-refractivity contribution >= 4 is 23.3 Å². The molecule has 0 aliphatic heterocycles. The Bertz CT molecular complexity index is 871. The first-order valence-electron chi connectivity index (χ1n) is 7.50. The number of hydrogen-bond donors (Lipinski definition) is 1. The van der Waals surface area contributed by atoms with Crippen LogP contribution in [0.15, 0.2) is 54.7 Å². The minimum Gasteiger partial charge on any atom is -0.307 e. The smallest absolute Gasteiger partial charge is 0.256 e. The Morgan fingerprint density at radius 2 is 1.83 bits per heavy atom. The molecule has 0 aliphatic rings. The Morgan fingerprint density at radius 1 is 1.08 bits per heavy atom. The zero-order chi connectivity index (χ0) is 17.1. The minimum atomic E-state index is -0.203. The average Bonchev–Trinajstić information content (AvgIpc) is 2.54. The van der Waals surface area contributed by atoms with Gasteiger partial charge in [-0.15, -0.1) is 0 Å². The van der Waals surface area contributed by atoms with E-state index in [4.69, 9.17) is 11.6 Å². The van der Waals surface area contributed by atoms with Gasteiger partial charge in [0.15, 0.2) is 0 Å². The summed E-state index contributed by atoms with van der Waals surface area (Å²) < 4.78 is 0. The molecular formula is C19H16ClN3O. The van der Waals surface area contributed by atoms with Crippen LogP contribution in [0.5, 0.6) is 0 Å². The quantitative estimate of drug-likeness (QED) is 0.755.